The third kappa shape index (κ3) is 7.02. The van der Waals surface area contributed by atoms with Gasteiger partial charge in [0.25, 0.3) is 5.91 Å². The van der Waals surface area contributed by atoms with Crippen molar-refractivity contribution in [3.05, 3.63) is 29.8 Å². The molecular weight excluding hydrogens is 472 g/mol. The summed E-state index contributed by atoms with van der Waals surface area (Å²) in [5.41, 5.74) is 1.02. The fourth-order valence-corrected chi connectivity index (χ4v) is 6.04. The molecule has 0 unspecified atom stereocenters. The number of amides is 4. The Morgan fingerprint density at radius 3 is 2.62 bits per heavy atom. The van der Waals surface area contributed by atoms with Crippen LogP contribution in [0.2, 0.25) is 0 Å². The van der Waals surface area contributed by atoms with Gasteiger partial charge < -0.3 is 24.6 Å². The van der Waals surface area contributed by atoms with E-state index in [-0.39, 0.29) is 24.3 Å². The van der Waals surface area contributed by atoms with Crippen molar-refractivity contribution in [1.29, 1.82) is 0 Å². The summed E-state index contributed by atoms with van der Waals surface area (Å²) in [6, 6.07) is 7.12. The number of rotatable bonds is 12. The van der Waals surface area contributed by atoms with Gasteiger partial charge in [-0.1, -0.05) is 18.6 Å². The first-order valence-corrected chi connectivity index (χ1v) is 13.8. The van der Waals surface area contributed by atoms with Crippen molar-refractivity contribution in [3.63, 3.8) is 0 Å². The van der Waals surface area contributed by atoms with Crippen molar-refractivity contribution in [2.45, 2.75) is 63.5 Å². The number of nitrogens with one attached hydrogen (secondary N) is 1. The molecule has 1 aromatic rings. The molecule has 1 N–H and O–H groups in total. The quantitative estimate of drug-likeness (QED) is 0.432. The highest BCUT2D eigenvalue weighted by molar-refractivity contribution is 6.04. The van der Waals surface area contributed by atoms with Crippen LogP contribution in [0.3, 0.4) is 0 Å². The van der Waals surface area contributed by atoms with E-state index in [0.717, 1.165) is 24.3 Å². The topological polar surface area (TPSA) is 91.4 Å². The fraction of sp³-hybridized carbons (Fsp3) is 0.679. The first-order valence-electron chi connectivity index (χ1n) is 13.8. The average molecular weight is 515 g/mol. The summed E-state index contributed by atoms with van der Waals surface area (Å²) in [5.74, 6) is 1.03. The summed E-state index contributed by atoms with van der Waals surface area (Å²) in [5, 5.41) is 2.78. The highest BCUT2D eigenvalue weighted by Gasteiger charge is 2.38. The van der Waals surface area contributed by atoms with E-state index >= 15 is 0 Å². The number of hydrogen-bond acceptors (Lipinski definition) is 6. The van der Waals surface area contributed by atoms with Gasteiger partial charge in [-0.2, -0.15) is 0 Å². The minimum atomic E-state index is -0.653. The Morgan fingerprint density at radius 1 is 1.08 bits per heavy atom. The van der Waals surface area contributed by atoms with E-state index in [2.05, 4.69) is 10.2 Å². The van der Waals surface area contributed by atoms with Gasteiger partial charge in [0, 0.05) is 39.2 Å². The Hall–Kier alpha value is -2.65. The number of benzene rings is 1. The van der Waals surface area contributed by atoms with Crippen LogP contribution in [0.1, 0.15) is 50.5 Å². The van der Waals surface area contributed by atoms with Gasteiger partial charge in [0.05, 0.1) is 13.7 Å². The molecule has 0 aliphatic carbocycles. The number of nitrogens with zero attached hydrogens (tertiary/aromatic N) is 3. The molecule has 3 atom stereocenters. The molecule has 0 saturated carbocycles. The van der Waals surface area contributed by atoms with Crippen LogP contribution >= 0.6 is 0 Å². The Balaban J connectivity index is 1.29. The Labute approximate surface area is 220 Å². The van der Waals surface area contributed by atoms with Crippen LogP contribution in [-0.2, 0) is 20.7 Å². The highest BCUT2D eigenvalue weighted by atomic mass is 16.5. The predicted molar refractivity (Wildman–Crippen MR) is 140 cm³/mol. The first kappa shape index (κ1) is 27.4. The lowest BCUT2D eigenvalue weighted by Crippen LogP contribution is -2.52. The Kier molecular flexibility index (Phi) is 9.80. The zero-order valence-corrected chi connectivity index (χ0v) is 22.3. The van der Waals surface area contributed by atoms with E-state index in [1.54, 1.807) is 14.2 Å². The number of imide groups is 1. The van der Waals surface area contributed by atoms with Crippen molar-refractivity contribution in [3.8, 4) is 5.75 Å². The second-order valence-corrected chi connectivity index (χ2v) is 10.5. The number of fused-ring (bicyclic) bond motifs is 1. The molecule has 1 aromatic carbocycles. The molecule has 9 heteroatoms. The summed E-state index contributed by atoms with van der Waals surface area (Å²) in [4.78, 5) is 44.5. The lowest BCUT2D eigenvalue weighted by atomic mass is 9.83. The maximum atomic E-state index is 13.3. The summed E-state index contributed by atoms with van der Waals surface area (Å²) < 4.78 is 10.5. The molecule has 0 aromatic heterocycles. The summed E-state index contributed by atoms with van der Waals surface area (Å²) >= 11 is 0. The Morgan fingerprint density at radius 2 is 1.86 bits per heavy atom. The van der Waals surface area contributed by atoms with Gasteiger partial charge in [-0.3, -0.25) is 14.5 Å². The second kappa shape index (κ2) is 13.2. The lowest BCUT2D eigenvalue weighted by Gasteiger charge is -2.45. The van der Waals surface area contributed by atoms with Crippen LogP contribution in [0.25, 0.3) is 0 Å². The van der Waals surface area contributed by atoms with Crippen LogP contribution in [0.15, 0.2) is 24.3 Å². The average Bonchev–Trinajstić information content (AvgIpc) is 3.20. The molecule has 4 rings (SSSR count). The van der Waals surface area contributed by atoms with E-state index in [1.807, 2.05) is 29.2 Å². The maximum absolute atomic E-state index is 13.3. The molecule has 3 saturated heterocycles. The maximum Gasteiger partial charge on any atom is 0.324 e. The van der Waals surface area contributed by atoms with Crippen molar-refractivity contribution in [2.75, 3.05) is 53.6 Å². The number of urea groups is 1. The standard InChI is InChI=1S/C28H42N4O5/c1-36-19-18-31(20-22-6-5-16-30-15-4-3-7-25(22)30)26(33)13-12-24-27(34)32(28(35)29-24)17-14-21-8-10-23(37-2)11-9-21/h8-11,22,24-25H,3-7,12-20H2,1-2H3,(H,29,35)/t22-,24+,25+/m0/s1. The number of hydrogen-bond donors (Lipinski definition) is 1. The largest absolute Gasteiger partial charge is 0.497 e. The molecule has 0 spiro atoms. The molecule has 0 radical (unpaired) electrons. The van der Waals surface area contributed by atoms with E-state index in [1.165, 1.54) is 43.7 Å². The lowest BCUT2D eigenvalue weighted by molar-refractivity contribution is -0.133. The minimum absolute atomic E-state index is 0.0312. The zero-order chi connectivity index (χ0) is 26.2. The number of carbonyl (C=O) groups excluding carboxylic acids is 3. The number of ether oxygens (including phenoxy) is 2. The summed E-state index contributed by atoms with van der Waals surface area (Å²) in [6.45, 7) is 4.43. The molecule has 204 valence electrons. The van der Waals surface area contributed by atoms with E-state index in [0.29, 0.717) is 44.5 Å². The van der Waals surface area contributed by atoms with Gasteiger partial charge in [0.2, 0.25) is 5.91 Å². The molecule has 4 amide bonds. The monoisotopic (exact) mass is 514 g/mol. The molecule has 3 aliphatic heterocycles. The van der Waals surface area contributed by atoms with Gasteiger partial charge in [-0.15, -0.1) is 0 Å². The van der Waals surface area contributed by atoms with Crippen LogP contribution in [0.4, 0.5) is 4.79 Å². The number of piperidine rings is 2. The third-order valence-corrected chi connectivity index (χ3v) is 8.14. The smallest absolute Gasteiger partial charge is 0.324 e. The van der Waals surface area contributed by atoms with Crippen molar-refractivity contribution >= 4 is 17.8 Å². The zero-order valence-electron chi connectivity index (χ0n) is 22.3. The SMILES string of the molecule is COCCN(C[C@@H]1CCCN2CCCC[C@H]12)C(=O)CC[C@H]1NC(=O)N(CCc2ccc(OC)cc2)C1=O. The van der Waals surface area contributed by atoms with Crippen LogP contribution in [0, 0.1) is 5.92 Å². The molecule has 3 fully saturated rings. The normalized spacial score (nSPS) is 24.1. The molecule has 0 bridgehead atoms. The van der Waals surface area contributed by atoms with Crippen molar-refractivity contribution < 1.29 is 23.9 Å². The van der Waals surface area contributed by atoms with Gasteiger partial charge in [0.1, 0.15) is 11.8 Å². The van der Waals surface area contributed by atoms with Crippen molar-refractivity contribution in [2.24, 2.45) is 5.92 Å². The van der Waals surface area contributed by atoms with Gasteiger partial charge in [0.15, 0.2) is 0 Å². The molecule has 3 heterocycles. The highest BCUT2D eigenvalue weighted by Crippen LogP contribution is 2.31. The van der Waals surface area contributed by atoms with Gasteiger partial charge in [-0.05, 0) is 75.2 Å². The van der Waals surface area contributed by atoms with Crippen LogP contribution < -0.4 is 10.1 Å². The minimum Gasteiger partial charge on any atom is -0.497 e. The van der Waals surface area contributed by atoms with E-state index < -0.39 is 6.04 Å². The fourth-order valence-electron chi connectivity index (χ4n) is 6.04. The van der Waals surface area contributed by atoms with E-state index in [9.17, 15) is 14.4 Å². The van der Waals surface area contributed by atoms with Gasteiger partial charge >= 0.3 is 6.03 Å². The van der Waals surface area contributed by atoms with Crippen molar-refractivity contribution in [1.82, 2.24) is 20.0 Å². The molecule has 3 aliphatic rings. The first-order chi connectivity index (χ1) is 18.0. The van der Waals surface area contributed by atoms with E-state index in [4.69, 9.17) is 9.47 Å². The molecule has 37 heavy (non-hydrogen) atoms. The van der Waals surface area contributed by atoms with Gasteiger partial charge in [-0.25, -0.2) is 4.79 Å². The number of methoxy groups -OCH3 is 2. The Bertz CT molecular complexity index is 922. The van der Waals surface area contributed by atoms with Crippen LogP contribution in [0.5, 0.6) is 5.75 Å². The predicted octanol–water partition coefficient (Wildman–Crippen LogP) is 2.68. The summed E-state index contributed by atoms with van der Waals surface area (Å²) in [6.07, 6.45) is 7.20. The third-order valence-electron chi connectivity index (χ3n) is 8.14. The van der Waals surface area contributed by atoms with Crippen LogP contribution in [-0.4, -0.2) is 98.2 Å². The molecular formula is C28H42N4O5. The summed E-state index contributed by atoms with van der Waals surface area (Å²) in [7, 11) is 3.27. The number of carbonyl (C=O) groups is 3. The second-order valence-electron chi connectivity index (χ2n) is 10.5. The molecule has 9 nitrogen and oxygen atoms in total.